The number of Topliss-reactive ketones (excluding diaryl/α,β-unsaturated/α-hetero) is 1. The fourth-order valence-electron chi connectivity index (χ4n) is 1.60. The summed E-state index contributed by atoms with van der Waals surface area (Å²) in [5, 5.41) is 11.0. The predicted octanol–water partition coefficient (Wildman–Crippen LogP) is 1.69. The Kier molecular flexibility index (Phi) is 3.85. The first kappa shape index (κ1) is 14.3. The summed E-state index contributed by atoms with van der Waals surface area (Å²) >= 11 is 0. The van der Waals surface area contributed by atoms with Gasteiger partial charge in [0, 0.05) is 17.7 Å². The first-order chi connectivity index (χ1) is 8.16. The van der Waals surface area contributed by atoms with Crippen LogP contribution in [0.2, 0.25) is 0 Å². The third-order valence-electron chi connectivity index (χ3n) is 2.69. The third kappa shape index (κ3) is 2.73. The normalized spacial score (nSPS) is 13.1. The van der Waals surface area contributed by atoms with Crippen molar-refractivity contribution in [3.63, 3.8) is 0 Å². The molecule has 0 N–H and O–H groups in total. The van der Waals surface area contributed by atoms with Crippen molar-refractivity contribution in [2.24, 2.45) is 0 Å². The number of rotatable bonds is 4. The zero-order chi connectivity index (χ0) is 14.1. The molecule has 0 saturated heterocycles. The molecule has 1 unspecified atom stereocenters. The number of hydrogen-bond acceptors (Lipinski definition) is 5. The van der Waals surface area contributed by atoms with Crippen molar-refractivity contribution in [3.05, 3.63) is 33.9 Å². The fraction of sp³-hybridized carbons (Fsp3) is 0.364. The molecular weight excluding hydrogens is 258 g/mol. The van der Waals surface area contributed by atoms with E-state index in [0.717, 1.165) is 6.26 Å². The van der Waals surface area contributed by atoms with Gasteiger partial charge in [0.05, 0.1) is 4.92 Å². The molecule has 0 aliphatic carbocycles. The Bertz CT molecular complexity index is 606. The number of sulfone groups is 1. The Morgan fingerprint density at radius 1 is 1.39 bits per heavy atom. The number of nitro benzene ring substituents is 1. The second-order valence-electron chi connectivity index (χ2n) is 4.06. The van der Waals surface area contributed by atoms with E-state index in [9.17, 15) is 23.3 Å². The summed E-state index contributed by atoms with van der Waals surface area (Å²) in [5.74, 6) is -0.976. The number of nitro groups is 1. The molecule has 0 aliphatic heterocycles. The minimum absolute atomic E-state index is 0.121. The molecule has 0 bridgehead atoms. The van der Waals surface area contributed by atoms with Gasteiger partial charge >= 0.3 is 0 Å². The number of nitrogens with zero attached hydrogens (tertiary/aromatic N) is 1. The summed E-state index contributed by atoms with van der Waals surface area (Å²) in [6, 6.07) is 3.97. The van der Waals surface area contributed by atoms with E-state index in [1.54, 1.807) is 0 Å². The zero-order valence-electron chi connectivity index (χ0n) is 10.2. The summed E-state index contributed by atoms with van der Waals surface area (Å²) in [5.41, 5.74) is -0.391. The van der Waals surface area contributed by atoms with Crippen LogP contribution in [0.25, 0.3) is 0 Å². The van der Waals surface area contributed by atoms with Crippen molar-refractivity contribution >= 4 is 21.3 Å². The molecule has 18 heavy (non-hydrogen) atoms. The lowest BCUT2D eigenvalue weighted by atomic mass is 9.96. The van der Waals surface area contributed by atoms with Crippen LogP contribution in [0.5, 0.6) is 0 Å². The largest absolute Gasteiger partial charge is 0.299 e. The van der Waals surface area contributed by atoms with Crippen molar-refractivity contribution < 1.29 is 18.1 Å². The van der Waals surface area contributed by atoms with Gasteiger partial charge in [-0.05, 0) is 13.0 Å². The van der Waals surface area contributed by atoms with E-state index < -0.39 is 26.4 Å². The Labute approximate surface area is 105 Å². The van der Waals surface area contributed by atoms with Crippen molar-refractivity contribution in [1.82, 2.24) is 0 Å². The van der Waals surface area contributed by atoms with Gasteiger partial charge in [-0.1, -0.05) is 19.1 Å². The summed E-state index contributed by atoms with van der Waals surface area (Å²) < 4.78 is 23.0. The average Bonchev–Trinajstić information content (AvgIpc) is 2.25. The van der Waals surface area contributed by atoms with Gasteiger partial charge in [-0.25, -0.2) is 8.42 Å². The zero-order valence-corrected chi connectivity index (χ0v) is 11.0. The maximum absolute atomic E-state index is 11.5. The standard InChI is InChI=1S/C11H13NO5S/c1-7(8(2)13)9-5-4-6-10(18(3,16)17)11(9)12(14)15/h4-7H,1-3H3. The minimum Gasteiger partial charge on any atom is -0.299 e. The summed E-state index contributed by atoms with van der Waals surface area (Å²) in [7, 11) is -3.71. The van der Waals surface area contributed by atoms with Crippen molar-refractivity contribution in [1.29, 1.82) is 0 Å². The van der Waals surface area contributed by atoms with E-state index in [-0.39, 0.29) is 16.2 Å². The van der Waals surface area contributed by atoms with Gasteiger partial charge in [0.25, 0.3) is 5.69 Å². The van der Waals surface area contributed by atoms with Gasteiger partial charge in [0.15, 0.2) is 9.84 Å². The van der Waals surface area contributed by atoms with Crippen molar-refractivity contribution in [2.45, 2.75) is 24.7 Å². The second-order valence-corrected chi connectivity index (χ2v) is 6.04. The second kappa shape index (κ2) is 4.85. The molecule has 0 spiro atoms. The molecule has 0 aliphatic rings. The van der Waals surface area contributed by atoms with E-state index in [1.165, 1.54) is 32.0 Å². The summed E-state index contributed by atoms with van der Waals surface area (Å²) in [4.78, 5) is 21.2. The molecule has 6 nitrogen and oxygen atoms in total. The van der Waals surface area contributed by atoms with E-state index in [2.05, 4.69) is 0 Å². The molecule has 98 valence electrons. The molecule has 0 radical (unpaired) electrons. The van der Waals surface area contributed by atoms with Crippen LogP contribution >= 0.6 is 0 Å². The van der Waals surface area contributed by atoms with E-state index >= 15 is 0 Å². The van der Waals surface area contributed by atoms with E-state index in [0.29, 0.717) is 0 Å². The molecule has 1 atom stereocenters. The number of hydrogen-bond donors (Lipinski definition) is 0. The number of para-hydroxylation sites is 1. The molecule has 1 aromatic rings. The van der Waals surface area contributed by atoms with Crippen LogP contribution in [0.3, 0.4) is 0 Å². The molecule has 0 fully saturated rings. The first-order valence-electron chi connectivity index (χ1n) is 5.14. The average molecular weight is 271 g/mol. The highest BCUT2D eigenvalue weighted by Gasteiger charge is 2.29. The Morgan fingerprint density at radius 3 is 2.33 bits per heavy atom. The topological polar surface area (TPSA) is 94.3 Å². The molecule has 0 aromatic heterocycles. The van der Waals surface area contributed by atoms with Crippen LogP contribution in [-0.4, -0.2) is 25.4 Å². The molecule has 1 aromatic carbocycles. The monoisotopic (exact) mass is 271 g/mol. The van der Waals surface area contributed by atoms with Crippen molar-refractivity contribution in [2.75, 3.05) is 6.26 Å². The third-order valence-corrected chi connectivity index (χ3v) is 3.82. The highest BCUT2D eigenvalue weighted by atomic mass is 32.2. The lowest BCUT2D eigenvalue weighted by Gasteiger charge is -2.10. The SMILES string of the molecule is CC(=O)C(C)c1cccc(S(C)(=O)=O)c1[N+](=O)[O-]. The van der Waals surface area contributed by atoms with E-state index in [4.69, 9.17) is 0 Å². The van der Waals surface area contributed by atoms with Gasteiger partial charge in [-0.2, -0.15) is 0 Å². The summed E-state index contributed by atoms with van der Waals surface area (Å²) in [6.45, 7) is 2.82. The number of carbonyl (C=O) groups is 1. The predicted molar refractivity (Wildman–Crippen MR) is 65.3 cm³/mol. The highest BCUT2D eigenvalue weighted by molar-refractivity contribution is 7.90. The quantitative estimate of drug-likeness (QED) is 0.613. The summed E-state index contributed by atoms with van der Waals surface area (Å²) in [6.07, 6.45) is 0.900. The van der Waals surface area contributed by atoms with E-state index in [1.807, 2.05) is 0 Å². The minimum atomic E-state index is -3.71. The van der Waals surface area contributed by atoms with Crippen LogP contribution < -0.4 is 0 Å². The molecule has 7 heteroatoms. The maximum atomic E-state index is 11.5. The Morgan fingerprint density at radius 2 is 1.94 bits per heavy atom. The van der Waals surface area contributed by atoms with Crippen LogP contribution in [0.4, 0.5) is 5.69 Å². The lowest BCUT2D eigenvalue weighted by molar-refractivity contribution is -0.388. The lowest BCUT2D eigenvalue weighted by Crippen LogP contribution is -2.11. The number of carbonyl (C=O) groups excluding carboxylic acids is 1. The van der Waals surface area contributed by atoms with Crippen LogP contribution in [0.1, 0.15) is 25.3 Å². The van der Waals surface area contributed by atoms with Gasteiger partial charge in [-0.3, -0.25) is 14.9 Å². The van der Waals surface area contributed by atoms with Gasteiger partial charge in [0.1, 0.15) is 10.7 Å². The van der Waals surface area contributed by atoms with Gasteiger partial charge in [-0.15, -0.1) is 0 Å². The van der Waals surface area contributed by atoms with Crippen LogP contribution in [-0.2, 0) is 14.6 Å². The molecule has 1 rings (SSSR count). The first-order valence-corrected chi connectivity index (χ1v) is 7.03. The van der Waals surface area contributed by atoms with Gasteiger partial charge < -0.3 is 0 Å². The number of ketones is 1. The Balaban J connectivity index is 3.65. The molecular formula is C11H13NO5S. The highest BCUT2D eigenvalue weighted by Crippen LogP contribution is 2.33. The molecule has 0 heterocycles. The Hall–Kier alpha value is -1.76. The molecule has 0 amide bonds. The maximum Gasteiger partial charge on any atom is 0.291 e. The van der Waals surface area contributed by atoms with Crippen molar-refractivity contribution in [3.8, 4) is 0 Å². The van der Waals surface area contributed by atoms with Gasteiger partial charge in [0.2, 0.25) is 0 Å². The fourth-order valence-corrected chi connectivity index (χ4v) is 2.47. The smallest absolute Gasteiger partial charge is 0.291 e. The number of benzene rings is 1. The van der Waals surface area contributed by atoms with Crippen LogP contribution in [0.15, 0.2) is 23.1 Å². The molecule has 0 saturated carbocycles. The van der Waals surface area contributed by atoms with Crippen LogP contribution in [0, 0.1) is 10.1 Å².